The second kappa shape index (κ2) is 5.15. The van der Waals surface area contributed by atoms with Crippen LogP contribution in [0.15, 0.2) is 0 Å². The molecule has 0 aromatic rings. The Balaban J connectivity index is 4.84. The number of nitrogens with zero attached hydrogens (tertiary/aromatic N) is 1. The van der Waals surface area contributed by atoms with Crippen molar-refractivity contribution in [1.29, 1.82) is 0 Å². The molecule has 0 aliphatic carbocycles. The topological polar surface area (TPSA) is 60.8 Å². The van der Waals surface area contributed by atoms with Crippen LogP contribution in [0.3, 0.4) is 0 Å². The average Bonchev–Trinajstić information content (AvgIpc) is 2.13. The summed E-state index contributed by atoms with van der Waals surface area (Å²) < 4.78 is 0. The predicted octanol–water partition coefficient (Wildman–Crippen LogP) is 1.58. The summed E-state index contributed by atoms with van der Waals surface area (Å²) in [6.07, 6.45) is 0. The van der Waals surface area contributed by atoms with E-state index >= 15 is 0 Å². The molecule has 0 saturated heterocycles. The van der Waals surface area contributed by atoms with Gasteiger partial charge in [-0.15, -0.1) is 0 Å². The lowest BCUT2D eigenvalue weighted by atomic mass is 9.90. The number of hydrogen-bond donors (Lipinski definition) is 2. The minimum absolute atomic E-state index is 0.0890. The van der Waals surface area contributed by atoms with Gasteiger partial charge >= 0.3 is 5.97 Å². The number of aliphatic hydroxyl groups is 1. The molecule has 16 heavy (non-hydrogen) atoms. The highest BCUT2D eigenvalue weighted by atomic mass is 16.4. The highest BCUT2D eigenvalue weighted by Gasteiger charge is 2.38. The van der Waals surface area contributed by atoms with E-state index < -0.39 is 17.1 Å². The quantitative estimate of drug-likeness (QED) is 0.728. The first-order valence-electron chi connectivity index (χ1n) is 5.76. The van der Waals surface area contributed by atoms with E-state index in [-0.39, 0.29) is 5.92 Å². The molecule has 0 aromatic heterocycles. The van der Waals surface area contributed by atoms with Crippen molar-refractivity contribution in [3.63, 3.8) is 0 Å². The van der Waals surface area contributed by atoms with Gasteiger partial charge in [-0.2, -0.15) is 0 Å². The Morgan fingerprint density at radius 2 is 1.75 bits per heavy atom. The van der Waals surface area contributed by atoms with E-state index in [4.69, 9.17) is 5.11 Å². The Labute approximate surface area is 98.3 Å². The van der Waals surface area contributed by atoms with Gasteiger partial charge in [0.15, 0.2) is 0 Å². The largest absolute Gasteiger partial charge is 0.480 e. The summed E-state index contributed by atoms with van der Waals surface area (Å²) in [6.45, 7) is 11.8. The Kier molecular flexibility index (Phi) is 4.95. The molecule has 0 aliphatic heterocycles. The minimum Gasteiger partial charge on any atom is -0.480 e. The molecule has 0 saturated carbocycles. The molecule has 2 N–H and O–H groups in total. The van der Waals surface area contributed by atoms with Crippen LogP contribution in [0.5, 0.6) is 0 Å². The Morgan fingerprint density at radius 1 is 1.31 bits per heavy atom. The van der Waals surface area contributed by atoms with Gasteiger partial charge in [-0.05, 0) is 33.2 Å². The summed E-state index contributed by atoms with van der Waals surface area (Å²) in [4.78, 5) is 12.9. The maximum Gasteiger partial charge on any atom is 0.323 e. The molecule has 96 valence electrons. The number of aliphatic carboxylic acids is 1. The SMILES string of the molecule is CCN(CC(C)(O)C(C)C)C(C)(C)C(=O)O. The molecule has 0 aliphatic rings. The number of carboxylic acids is 1. The van der Waals surface area contributed by atoms with Crippen LogP contribution in [0.2, 0.25) is 0 Å². The predicted molar refractivity (Wildman–Crippen MR) is 64.4 cm³/mol. The lowest BCUT2D eigenvalue weighted by Gasteiger charge is -2.40. The first kappa shape index (κ1) is 15.4. The second-order valence-electron chi connectivity index (χ2n) is 5.39. The van der Waals surface area contributed by atoms with Crippen molar-refractivity contribution in [2.75, 3.05) is 13.1 Å². The third kappa shape index (κ3) is 3.46. The van der Waals surface area contributed by atoms with Crippen LogP contribution in [0.1, 0.15) is 41.5 Å². The molecule has 4 heteroatoms. The molecule has 0 rings (SSSR count). The van der Waals surface area contributed by atoms with Gasteiger partial charge in [0.1, 0.15) is 5.54 Å². The molecule has 0 amide bonds. The van der Waals surface area contributed by atoms with Gasteiger partial charge < -0.3 is 10.2 Å². The zero-order valence-corrected chi connectivity index (χ0v) is 11.2. The number of hydrogen-bond acceptors (Lipinski definition) is 3. The van der Waals surface area contributed by atoms with Crippen molar-refractivity contribution in [3.05, 3.63) is 0 Å². The fourth-order valence-electron chi connectivity index (χ4n) is 1.41. The molecular weight excluding hydrogens is 206 g/mol. The Bertz CT molecular complexity index is 247. The van der Waals surface area contributed by atoms with E-state index in [1.54, 1.807) is 25.7 Å². The van der Waals surface area contributed by atoms with Crippen molar-refractivity contribution in [3.8, 4) is 0 Å². The lowest BCUT2D eigenvalue weighted by Crippen LogP contribution is -2.56. The summed E-state index contributed by atoms with van der Waals surface area (Å²) in [5, 5.41) is 19.4. The summed E-state index contributed by atoms with van der Waals surface area (Å²) in [5.41, 5.74) is -1.82. The summed E-state index contributed by atoms with van der Waals surface area (Å²) in [7, 11) is 0. The zero-order valence-electron chi connectivity index (χ0n) is 11.2. The number of rotatable bonds is 6. The molecule has 0 radical (unpaired) electrons. The molecule has 1 atom stereocenters. The molecule has 0 spiro atoms. The second-order valence-corrected chi connectivity index (χ2v) is 5.39. The highest BCUT2D eigenvalue weighted by molar-refractivity contribution is 5.77. The Hall–Kier alpha value is -0.610. The normalized spacial score (nSPS) is 16.6. The molecular formula is C12H25NO3. The third-order valence-corrected chi connectivity index (χ3v) is 3.45. The number of carbonyl (C=O) groups is 1. The molecule has 0 fully saturated rings. The minimum atomic E-state index is -0.951. The van der Waals surface area contributed by atoms with Gasteiger partial charge in [-0.25, -0.2) is 0 Å². The zero-order chi connectivity index (χ0) is 13.1. The maximum absolute atomic E-state index is 11.2. The molecule has 0 heterocycles. The molecule has 0 aromatic carbocycles. The molecule has 1 unspecified atom stereocenters. The van der Waals surface area contributed by atoms with Crippen molar-refractivity contribution in [2.45, 2.75) is 52.7 Å². The summed E-state index contributed by atoms with van der Waals surface area (Å²) >= 11 is 0. The van der Waals surface area contributed by atoms with Crippen LogP contribution in [0.4, 0.5) is 0 Å². The van der Waals surface area contributed by atoms with Crippen LogP contribution in [0, 0.1) is 5.92 Å². The Morgan fingerprint density at radius 3 is 2.00 bits per heavy atom. The van der Waals surface area contributed by atoms with E-state index in [9.17, 15) is 9.90 Å². The average molecular weight is 231 g/mol. The van der Waals surface area contributed by atoms with Crippen LogP contribution in [-0.2, 0) is 4.79 Å². The first-order chi connectivity index (χ1) is 7.05. The van der Waals surface area contributed by atoms with E-state index in [1.165, 1.54) is 0 Å². The fourth-order valence-corrected chi connectivity index (χ4v) is 1.41. The van der Waals surface area contributed by atoms with Crippen LogP contribution in [0.25, 0.3) is 0 Å². The van der Waals surface area contributed by atoms with Gasteiger partial charge in [0.05, 0.1) is 5.60 Å². The van der Waals surface area contributed by atoms with Crippen molar-refractivity contribution in [1.82, 2.24) is 4.90 Å². The van der Waals surface area contributed by atoms with Crippen LogP contribution in [-0.4, -0.2) is 45.3 Å². The monoisotopic (exact) mass is 231 g/mol. The fraction of sp³-hybridized carbons (Fsp3) is 0.917. The van der Waals surface area contributed by atoms with Gasteiger partial charge in [-0.3, -0.25) is 9.69 Å². The lowest BCUT2D eigenvalue weighted by molar-refractivity contribution is -0.152. The highest BCUT2D eigenvalue weighted by Crippen LogP contribution is 2.23. The van der Waals surface area contributed by atoms with E-state index in [1.807, 2.05) is 20.8 Å². The number of likely N-dealkylation sites (N-methyl/N-ethyl adjacent to an activating group) is 1. The standard InChI is InChI=1S/C12H25NO3/c1-7-13(11(4,5)10(14)15)8-12(6,16)9(2)3/h9,16H,7-8H2,1-6H3,(H,14,15). The smallest absolute Gasteiger partial charge is 0.323 e. The van der Waals surface area contributed by atoms with Gasteiger partial charge in [0.25, 0.3) is 0 Å². The van der Waals surface area contributed by atoms with Gasteiger partial charge in [-0.1, -0.05) is 20.8 Å². The van der Waals surface area contributed by atoms with E-state index in [2.05, 4.69) is 0 Å². The van der Waals surface area contributed by atoms with Crippen molar-refractivity contribution < 1.29 is 15.0 Å². The summed E-state index contributed by atoms with van der Waals surface area (Å²) in [5.74, 6) is -0.778. The molecule has 0 bridgehead atoms. The third-order valence-electron chi connectivity index (χ3n) is 3.45. The maximum atomic E-state index is 11.2. The number of β-amino-alcohol motifs (C(OH)–C–C–N with tert-alkyl or cyclic N) is 1. The molecule has 4 nitrogen and oxygen atoms in total. The first-order valence-corrected chi connectivity index (χ1v) is 5.76. The van der Waals surface area contributed by atoms with Gasteiger partial charge in [0, 0.05) is 6.54 Å². The van der Waals surface area contributed by atoms with Crippen LogP contribution < -0.4 is 0 Å². The van der Waals surface area contributed by atoms with Gasteiger partial charge in [0.2, 0.25) is 0 Å². The summed E-state index contributed by atoms with van der Waals surface area (Å²) in [6, 6.07) is 0. The van der Waals surface area contributed by atoms with Crippen molar-refractivity contribution >= 4 is 5.97 Å². The van der Waals surface area contributed by atoms with E-state index in [0.29, 0.717) is 13.1 Å². The number of carboxylic acid groups (broad SMARTS) is 1. The van der Waals surface area contributed by atoms with Crippen molar-refractivity contribution in [2.24, 2.45) is 5.92 Å². The van der Waals surface area contributed by atoms with E-state index in [0.717, 1.165) is 0 Å². The van der Waals surface area contributed by atoms with Crippen LogP contribution >= 0.6 is 0 Å².